The Labute approximate surface area is 145 Å². The lowest BCUT2D eigenvalue weighted by Crippen LogP contribution is -2.35. The van der Waals surface area contributed by atoms with Crippen molar-refractivity contribution in [2.75, 3.05) is 32.8 Å². The van der Waals surface area contributed by atoms with Gasteiger partial charge >= 0.3 is 0 Å². The first kappa shape index (κ1) is 16.8. The van der Waals surface area contributed by atoms with Crippen molar-refractivity contribution < 1.29 is 9.53 Å². The molecular formula is C16H21N5O2S. The molecule has 1 fully saturated rings. The molecule has 8 heteroatoms. The van der Waals surface area contributed by atoms with E-state index in [0.717, 1.165) is 37.6 Å². The minimum absolute atomic E-state index is 0.00648. The van der Waals surface area contributed by atoms with Gasteiger partial charge in [-0.2, -0.15) is 0 Å². The summed E-state index contributed by atoms with van der Waals surface area (Å²) in [5, 5.41) is 9.76. The Morgan fingerprint density at radius 3 is 2.96 bits per heavy atom. The van der Waals surface area contributed by atoms with E-state index in [2.05, 4.69) is 20.1 Å². The molecule has 0 saturated carbocycles. The van der Waals surface area contributed by atoms with Crippen molar-refractivity contribution in [2.24, 2.45) is 0 Å². The summed E-state index contributed by atoms with van der Waals surface area (Å²) in [6, 6.07) is 5.43. The Morgan fingerprint density at radius 1 is 1.25 bits per heavy atom. The minimum atomic E-state index is 0.00648. The van der Waals surface area contributed by atoms with Crippen LogP contribution in [-0.2, 0) is 6.54 Å². The minimum Gasteiger partial charge on any atom is -0.469 e. The van der Waals surface area contributed by atoms with Gasteiger partial charge in [0.25, 0.3) is 11.1 Å². The van der Waals surface area contributed by atoms with Gasteiger partial charge in [0.05, 0.1) is 13.2 Å². The molecule has 3 heterocycles. The second-order valence-electron chi connectivity index (χ2n) is 5.53. The summed E-state index contributed by atoms with van der Waals surface area (Å²) in [5.41, 5.74) is 0.511. The highest BCUT2D eigenvalue weighted by molar-refractivity contribution is 7.13. The van der Waals surface area contributed by atoms with E-state index in [4.69, 9.17) is 4.74 Å². The van der Waals surface area contributed by atoms with Crippen LogP contribution in [0.25, 0.3) is 0 Å². The molecular weight excluding hydrogens is 326 g/mol. The van der Waals surface area contributed by atoms with Gasteiger partial charge in [0, 0.05) is 32.4 Å². The molecule has 1 saturated heterocycles. The van der Waals surface area contributed by atoms with Crippen LogP contribution in [0.1, 0.15) is 28.8 Å². The van der Waals surface area contributed by atoms with Crippen molar-refractivity contribution in [2.45, 2.75) is 19.9 Å². The number of nitrogens with zero attached hydrogens (tertiary/aromatic N) is 5. The molecule has 2 aromatic rings. The van der Waals surface area contributed by atoms with Crippen molar-refractivity contribution >= 4 is 17.2 Å². The summed E-state index contributed by atoms with van der Waals surface area (Å²) in [6.45, 7) is 6.50. The van der Waals surface area contributed by atoms with E-state index in [9.17, 15) is 4.79 Å². The molecule has 7 nitrogen and oxygen atoms in total. The smallest absolute Gasteiger partial charge is 0.294 e. The number of carbonyl (C=O) groups is 1. The fourth-order valence-electron chi connectivity index (χ4n) is 2.66. The molecule has 24 heavy (non-hydrogen) atoms. The van der Waals surface area contributed by atoms with Crippen molar-refractivity contribution in [1.82, 2.24) is 25.0 Å². The average Bonchev–Trinajstić information content (AvgIpc) is 2.91. The SMILES string of the molecule is CCOc1nnc(CN2CCCN(C(=O)c3ccccn3)CC2)s1. The Morgan fingerprint density at radius 2 is 2.17 bits per heavy atom. The molecule has 1 aliphatic heterocycles. The number of amides is 1. The first-order valence-corrected chi connectivity index (χ1v) is 8.95. The summed E-state index contributed by atoms with van der Waals surface area (Å²) in [7, 11) is 0. The van der Waals surface area contributed by atoms with Gasteiger partial charge in [-0.15, -0.1) is 10.2 Å². The lowest BCUT2D eigenvalue weighted by atomic mass is 10.3. The van der Waals surface area contributed by atoms with Gasteiger partial charge in [-0.3, -0.25) is 14.7 Å². The summed E-state index contributed by atoms with van der Waals surface area (Å²) in [5.74, 6) is 0.00648. The van der Waals surface area contributed by atoms with Crippen LogP contribution >= 0.6 is 11.3 Å². The van der Waals surface area contributed by atoms with E-state index in [-0.39, 0.29) is 5.91 Å². The summed E-state index contributed by atoms with van der Waals surface area (Å²) < 4.78 is 5.36. The Balaban J connectivity index is 1.55. The van der Waals surface area contributed by atoms with Crippen LogP contribution < -0.4 is 4.74 Å². The Bertz CT molecular complexity index is 663. The van der Waals surface area contributed by atoms with Crippen molar-refractivity contribution in [3.63, 3.8) is 0 Å². The molecule has 1 amide bonds. The molecule has 1 aliphatic rings. The topological polar surface area (TPSA) is 71.5 Å². The number of pyridine rings is 1. The number of rotatable bonds is 5. The summed E-state index contributed by atoms with van der Waals surface area (Å²) >= 11 is 1.49. The van der Waals surface area contributed by atoms with E-state index in [1.807, 2.05) is 24.0 Å². The highest BCUT2D eigenvalue weighted by Crippen LogP contribution is 2.20. The van der Waals surface area contributed by atoms with Gasteiger partial charge in [-0.05, 0) is 25.5 Å². The van der Waals surface area contributed by atoms with Crippen LogP contribution in [0.5, 0.6) is 5.19 Å². The Hall–Kier alpha value is -2.06. The molecule has 0 N–H and O–H groups in total. The number of carbonyl (C=O) groups excluding carboxylic acids is 1. The van der Waals surface area contributed by atoms with Crippen molar-refractivity contribution in [3.8, 4) is 5.19 Å². The average molecular weight is 347 g/mol. The number of hydrogen-bond acceptors (Lipinski definition) is 7. The maximum atomic E-state index is 12.5. The van der Waals surface area contributed by atoms with Gasteiger partial charge in [-0.25, -0.2) is 0 Å². The molecule has 0 radical (unpaired) electrons. The maximum absolute atomic E-state index is 12.5. The second kappa shape index (κ2) is 8.16. The highest BCUT2D eigenvalue weighted by atomic mass is 32.1. The van der Waals surface area contributed by atoms with Crippen LogP contribution in [0, 0.1) is 0 Å². The maximum Gasteiger partial charge on any atom is 0.294 e. The molecule has 0 bridgehead atoms. The van der Waals surface area contributed by atoms with Gasteiger partial charge in [0.15, 0.2) is 0 Å². The van der Waals surface area contributed by atoms with Gasteiger partial charge in [-0.1, -0.05) is 17.4 Å². The van der Waals surface area contributed by atoms with Crippen molar-refractivity contribution in [3.05, 3.63) is 35.1 Å². The van der Waals surface area contributed by atoms with Crippen LogP contribution in [0.15, 0.2) is 24.4 Å². The third kappa shape index (κ3) is 4.27. The van der Waals surface area contributed by atoms with E-state index >= 15 is 0 Å². The van der Waals surface area contributed by atoms with Crippen LogP contribution in [0.4, 0.5) is 0 Å². The van der Waals surface area contributed by atoms with E-state index < -0.39 is 0 Å². The van der Waals surface area contributed by atoms with Crippen molar-refractivity contribution in [1.29, 1.82) is 0 Å². The zero-order chi connectivity index (χ0) is 16.8. The standard InChI is InChI=1S/C16H21N5O2S/c1-2-23-16-19-18-14(24-16)12-20-8-5-9-21(11-10-20)15(22)13-6-3-4-7-17-13/h3-4,6-7H,2,5,8-12H2,1H3. The zero-order valence-electron chi connectivity index (χ0n) is 13.7. The molecule has 0 spiro atoms. The predicted molar refractivity (Wildman–Crippen MR) is 91.1 cm³/mol. The summed E-state index contributed by atoms with van der Waals surface area (Å²) in [6.07, 6.45) is 2.60. The fourth-order valence-corrected chi connectivity index (χ4v) is 3.45. The molecule has 0 aliphatic carbocycles. The normalized spacial score (nSPS) is 16.0. The highest BCUT2D eigenvalue weighted by Gasteiger charge is 2.21. The zero-order valence-corrected chi connectivity index (χ0v) is 14.5. The first-order valence-electron chi connectivity index (χ1n) is 8.14. The second-order valence-corrected chi connectivity index (χ2v) is 6.56. The summed E-state index contributed by atoms with van der Waals surface area (Å²) in [4.78, 5) is 20.8. The lowest BCUT2D eigenvalue weighted by molar-refractivity contribution is 0.0755. The Kier molecular flexibility index (Phi) is 5.71. The third-order valence-electron chi connectivity index (χ3n) is 3.83. The van der Waals surface area contributed by atoms with E-state index in [1.165, 1.54) is 11.3 Å². The van der Waals surface area contributed by atoms with Crippen LogP contribution in [0.2, 0.25) is 0 Å². The molecule has 2 aromatic heterocycles. The van der Waals surface area contributed by atoms with Crippen LogP contribution in [-0.4, -0.2) is 63.7 Å². The molecule has 128 valence electrons. The lowest BCUT2D eigenvalue weighted by Gasteiger charge is -2.21. The van der Waals surface area contributed by atoms with E-state index in [1.54, 1.807) is 12.3 Å². The fraction of sp³-hybridized carbons (Fsp3) is 0.500. The largest absolute Gasteiger partial charge is 0.469 e. The number of aromatic nitrogens is 3. The van der Waals surface area contributed by atoms with E-state index in [0.29, 0.717) is 24.0 Å². The molecule has 0 unspecified atom stereocenters. The quantitative estimate of drug-likeness (QED) is 0.819. The number of hydrogen-bond donors (Lipinski definition) is 0. The van der Waals surface area contributed by atoms with Gasteiger partial charge in [0.2, 0.25) is 0 Å². The molecule has 0 aromatic carbocycles. The molecule has 3 rings (SSSR count). The first-order chi connectivity index (χ1) is 11.8. The van der Waals surface area contributed by atoms with Crippen LogP contribution in [0.3, 0.4) is 0 Å². The van der Waals surface area contributed by atoms with Gasteiger partial charge in [0.1, 0.15) is 10.7 Å². The predicted octanol–water partition coefficient (Wildman–Crippen LogP) is 1.68. The molecule has 0 atom stereocenters. The van der Waals surface area contributed by atoms with Gasteiger partial charge < -0.3 is 9.64 Å². The monoisotopic (exact) mass is 347 g/mol. The third-order valence-corrected chi connectivity index (χ3v) is 4.66. The number of ether oxygens (including phenoxy) is 1.